The Balaban J connectivity index is 1.69. The molecule has 196 valence electrons. The van der Waals surface area contributed by atoms with Crippen molar-refractivity contribution in [2.75, 3.05) is 24.4 Å². The molecule has 0 aliphatic carbocycles. The molecule has 0 saturated heterocycles. The number of hydrogen-bond donors (Lipinski definition) is 3. The molecular formula is C29H28ClN3O5. The van der Waals surface area contributed by atoms with Crippen molar-refractivity contribution in [2.45, 2.75) is 20.8 Å². The highest BCUT2D eigenvalue weighted by molar-refractivity contribution is 6.31. The normalized spacial score (nSPS) is 10.7. The number of phenols is 1. The fraction of sp³-hybridized carbons (Fsp3) is 0.172. The number of phenolic OH excluding ortho intramolecular Hbond substituents is 1. The molecule has 2 amide bonds. The first-order valence-corrected chi connectivity index (χ1v) is 12.3. The number of benzene rings is 3. The summed E-state index contributed by atoms with van der Waals surface area (Å²) in [4.78, 5) is 25.9. The molecule has 9 heteroatoms. The van der Waals surface area contributed by atoms with Gasteiger partial charge in [0.15, 0.2) is 17.2 Å². The number of carbonyl (C=O) groups excluding carboxylic acids is 2. The van der Waals surface area contributed by atoms with Gasteiger partial charge in [-0.25, -0.2) is 9.59 Å². The van der Waals surface area contributed by atoms with Crippen LogP contribution in [0.4, 0.5) is 16.2 Å². The standard InChI is InChI=1S/C29H28ClN3O5/c1-5-38-28(35)26-22(31-29(36)32-25-17(2)8-6-9-18(25)3)16-24(30)33(26)20-14-12-19(13-15-20)21-10-7-11-23(37-4)27(21)34/h6-16,34H,5H2,1-4H3,(H2,31,32,36). The highest BCUT2D eigenvalue weighted by Gasteiger charge is 2.25. The molecule has 4 rings (SSSR count). The summed E-state index contributed by atoms with van der Waals surface area (Å²) in [5.41, 5.74) is 4.66. The van der Waals surface area contributed by atoms with Gasteiger partial charge < -0.3 is 25.2 Å². The number of halogens is 1. The largest absolute Gasteiger partial charge is 0.504 e. The van der Waals surface area contributed by atoms with Crippen LogP contribution in [0.5, 0.6) is 11.5 Å². The Morgan fingerprint density at radius 2 is 1.63 bits per heavy atom. The molecule has 0 aliphatic rings. The summed E-state index contributed by atoms with van der Waals surface area (Å²) in [6.07, 6.45) is 0. The molecule has 4 aromatic rings. The number of amides is 2. The van der Waals surface area contributed by atoms with Crippen LogP contribution in [0.15, 0.2) is 66.7 Å². The van der Waals surface area contributed by atoms with Gasteiger partial charge in [-0.3, -0.25) is 4.57 Å². The van der Waals surface area contributed by atoms with Gasteiger partial charge in [0.05, 0.1) is 19.4 Å². The summed E-state index contributed by atoms with van der Waals surface area (Å²) in [6.45, 7) is 5.64. The number of rotatable bonds is 7. The van der Waals surface area contributed by atoms with Crippen LogP contribution in [-0.4, -0.2) is 35.4 Å². The first-order chi connectivity index (χ1) is 18.2. The lowest BCUT2D eigenvalue weighted by molar-refractivity contribution is 0.0518. The number of hydrogen-bond acceptors (Lipinski definition) is 5. The topological polar surface area (TPSA) is 102 Å². The lowest BCUT2D eigenvalue weighted by atomic mass is 10.0. The van der Waals surface area contributed by atoms with Crippen molar-refractivity contribution in [3.05, 3.63) is 88.7 Å². The molecule has 1 aromatic heterocycles. The average Bonchev–Trinajstić information content (AvgIpc) is 3.22. The lowest BCUT2D eigenvalue weighted by Gasteiger charge is -2.15. The number of ether oxygens (including phenoxy) is 2. The van der Waals surface area contributed by atoms with Gasteiger partial charge in [-0.15, -0.1) is 0 Å². The highest BCUT2D eigenvalue weighted by Crippen LogP contribution is 2.38. The van der Waals surface area contributed by atoms with Gasteiger partial charge in [-0.1, -0.05) is 54.1 Å². The Hall–Kier alpha value is -4.43. The first-order valence-electron chi connectivity index (χ1n) is 11.9. The predicted octanol–water partition coefficient (Wildman–Crippen LogP) is 6.95. The minimum absolute atomic E-state index is 0.0235. The SMILES string of the molecule is CCOC(=O)c1c(NC(=O)Nc2c(C)cccc2C)cc(Cl)n1-c1ccc(-c2cccc(OC)c2O)cc1. The maximum absolute atomic E-state index is 13.0. The summed E-state index contributed by atoms with van der Waals surface area (Å²) in [6, 6.07) is 19.0. The molecule has 0 unspecified atom stereocenters. The van der Waals surface area contributed by atoms with Crippen molar-refractivity contribution in [3.63, 3.8) is 0 Å². The maximum Gasteiger partial charge on any atom is 0.357 e. The summed E-state index contributed by atoms with van der Waals surface area (Å²) >= 11 is 6.57. The van der Waals surface area contributed by atoms with E-state index in [1.54, 1.807) is 49.4 Å². The number of aryl methyl sites for hydroxylation is 2. The molecule has 8 nitrogen and oxygen atoms in total. The summed E-state index contributed by atoms with van der Waals surface area (Å²) in [7, 11) is 1.49. The zero-order valence-electron chi connectivity index (χ0n) is 21.5. The van der Waals surface area contributed by atoms with Crippen molar-refractivity contribution >= 4 is 35.0 Å². The molecule has 0 spiro atoms. The van der Waals surface area contributed by atoms with E-state index in [4.69, 9.17) is 21.1 Å². The van der Waals surface area contributed by atoms with Crippen LogP contribution >= 0.6 is 11.6 Å². The second-order valence-corrected chi connectivity index (χ2v) is 8.92. The van der Waals surface area contributed by atoms with Gasteiger partial charge in [0.1, 0.15) is 5.15 Å². The number of methoxy groups -OCH3 is 1. The van der Waals surface area contributed by atoms with Gasteiger partial charge in [0.25, 0.3) is 0 Å². The van der Waals surface area contributed by atoms with Gasteiger partial charge >= 0.3 is 12.0 Å². The molecule has 0 bridgehead atoms. The number of nitrogens with zero attached hydrogens (tertiary/aromatic N) is 1. The van der Waals surface area contributed by atoms with Crippen LogP contribution in [0.1, 0.15) is 28.5 Å². The van der Waals surface area contributed by atoms with E-state index in [2.05, 4.69) is 10.6 Å². The Kier molecular flexibility index (Phi) is 7.93. The van der Waals surface area contributed by atoms with E-state index in [1.807, 2.05) is 32.0 Å². The highest BCUT2D eigenvalue weighted by atomic mass is 35.5. The van der Waals surface area contributed by atoms with Gasteiger partial charge in [0, 0.05) is 23.0 Å². The van der Waals surface area contributed by atoms with E-state index in [0.29, 0.717) is 22.7 Å². The van der Waals surface area contributed by atoms with Crippen molar-refractivity contribution in [3.8, 4) is 28.3 Å². The number of aromatic nitrogens is 1. The summed E-state index contributed by atoms with van der Waals surface area (Å²) in [5.74, 6) is -0.258. The van der Waals surface area contributed by atoms with Crippen molar-refractivity contribution in [1.82, 2.24) is 4.57 Å². The number of esters is 1. The number of anilines is 2. The lowest BCUT2D eigenvalue weighted by Crippen LogP contribution is -2.22. The molecule has 0 saturated carbocycles. The monoisotopic (exact) mass is 533 g/mol. The van der Waals surface area contributed by atoms with E-state index < -0.39 is 12.0 Å². The Morgan fingerprint density at radius 3 is 2.26 bits per heavy atom. The van der Waals surface area contributed by atoms with Crippen molar-refractivity contribution in [1.29, 1.82) is 0 Å². The molecule has 3 N–H and O–H groups in total. The first kappa shape index (κ1) is 26.6. The van der Waals surface area contributed by atoms with E-state index >= 15 is 0 Å². The Bertz CT molecular complexity index is 1470. The molecular weight excluding hydrogens is 506 g/mol. The van der Waals surface area contributed by atoms with Crippen molar-refractivity contribution in [2.24, 2.45) is 0 Å². The third kappa shape index (κ3) is 5.31. The summed E-state index contributed by atoms with van der Waals surface area (Å²) in [5, 5.41) is 16.3. The number of carbonyl (C=O) groups is 2. The maximum atomic E-state index is 13.0. The fourth-order valence-corrected chi connectivity index (χ4v) is 4.51. The van der Waals surface area contributed by atoms with Crippen LogP contribution in [0.2, 0.25) is 5.15 Å². The van der Waals surface area contributed by atoms with E-state index in [-0.39, 0.29) is 28.9 Å². The predicted molar refractivity (Wildman–Crippen MR) is 149 cm³/mol. The zero-order valence-corrected chi connectivity index (χ0v) is 22.2. The van der Waals surface area contributed by atoms with Crippen molar-refractivity contribution < 1.29 is 24.2 Å². The minimum Gasteiger partial charge on any atom is -0.504 e. The van der Waals surface area contributed by atoms with Gasteiger partial charge in [-0.05, 0) is 55.7 Å². The molecule has 0 radical (unpaired) electrons. The fourth-order valence-electron chi connectivity index (χ4n) is 4.22. The van der Waals surface area contributed by atoms with E-state index in [9.17, 15) is 14.7 Å². The average molecular weight is 534 g/mol. The molecule has 3 aromatic carbocycles. The van der Waals surface area contributed by atoms with Crippen LogP contribution in [0, 0.1) is 13.8 Å². The minimum atomic E-state index is -0.642. The smallest absolute Gasteiger partial charge is 0.357 e. The molecule has 0 atom stereocenters. The van der Waals surface area contributed by atoms with Crippen LogP contribution < -0.4 is 15.4 Å². The third-order valence-corrected chi connectivity index (χ3v) is 6.33. The van der Waals surface area contributed by atoms with Crippen LogP contribution in [0.3, 0.4) is 0 Å². The number of urea groups is 1. The number of para-hydroxylation sites is 2. The second-order valence-electron chi connectivity index (χ2n) is 8.53. The summed E-state index contributed by atoms with van der Waals surface area (Å²) < 4.78 is 12.0. The van der Waals surface area contributed by atoms with Gasteiger partial charge in [0.2, 0.25) is 0 Å². The van der Waals surface area contributed by atoms with Gasteiger partial charge in [-0.2, -0.15) is 0 Å². The van der Waals surface area contributed by atoms with E-state index in [1.165, 1.54) is 17.7 Å². The quantitative estimate of drug-likeness (QED) is 0.223. The molecule has 0 fully saturated rings. The molecule has 1 heterocycles. The second kappa shape index (κ2) is 11.3. The van der Waals surface area contributed by atoms with Crippen LogP contribution in [0.25, 0.3) is 16.8 Å². The molecule has 0 aliphatic heterocycles. The Labute approximate surface area is 225 Å². The zero-order chi connectivity index (χ0) is 27.4. The van der Waals surface area contributed by atoms with Crippen LogP contribution in [-0.2, 0) is 4.74 Å². The number of nitrogens with one attached hydrogen (secondary N) is 2. The molecule has 38 heavy (non-hydrogen) atoms. The van der Waals surface area contributed by atoms with E-state index in [0.717, 1.165) is 16.7 Å². The Morgan fingerprint density at radius 1 is 0.974 bits per heavy atom. The third-order valence-electron chi connectivity index (χ3n) is 6.05. The number of aromatic hydroxyl groups is 1.